The predicted molar refractivity (Wildman–Crippen MR) is 96.5 cm³/mol. The molecule has 2 aliphatic rings. The highest BCUT2D eigenvalue weighted by Gasteiger charge is 2.46. The number of hydrogen-bond donors (Lipinski definition) is 1. The number of hydrogen-bond acceptors (Lipinski definition) is 5. The van der Waals surface area contributed by atoms with Crippen molar-refractivity contribution in [2.45, 2.75) is 57.0 Å². The minimum absolute atomic E-state index is 0.0124. The van der Waals surface area contributed by atoms with Crippen LogP contribution in [0.15, 0.2) is 18.2 Å². The molecule has 1 aromatic heterocycles. The number of aromatic nitrogens is 2. The molecule has 2 fully saturated rings. The van der Waals surface area contributed by atoms with Crippen LogP contribution in [-0.4, -0.2) is 43.6 Å². The van der Waals surface area contributed by atoms with E-state index in [1.54, 1.807) is 17.0 Å². The first-order valence-corrected chi connectivity index (χ1v) is 9.66. The van der Waals surface area contributed by atoms with Crippen molar-refractivity contribution < 1.29 is 9.59 Å². The first-order valence-electron chi connectivity index (χ1n) is 8.93. The minimum Gasteiger partial charge on any atom is -0.351 e. The molecule has 1 aliphatic heterocycles. The number of nitrogens with zero attached hydrogens (tertiary/aromatic N) is 3. The fourth-order valence-corrected chi connectivity index (χ4v) is 4.52. The molecule has 0 spiro atoms. The van der Waals surface area contributed by atoms with Crippen LogP contribution >= 0.6 is 11.7 Å². The monoisotopic (exact) mass is 358 g/mol. The molecule has 132 valence electrons. The van der Waals surface area contributed by atoms with E-state index in [4.69, 9.17) is 0 Å². The van der Waals surface area contributed by atoms with Crippen molar-refractivity contribution in [3.05, 3.63) is 23.8 Å². The lowest BCUT2D eigenvalue weighted by Crippen LogP contribution is -2.56. The van der Waals surface area contributed by atoms with E-state index < -0.39 is 5.54 Å². The topological polar surface area (TPSA) is 75.2 Å². The molecule has 1 aromatic carbocycles. The Kier molecular flexibility index (Phi) is 4.19. The summed E-state index contributed by atoms with van der Waals surface area (Å²) >= 11 is 1.14. The Bertz CT molecular complexity index is 814. The summed E-state index contributed by atoms with van der Waals surface area (Å²) < 4.78 is 8.38. The fraction of sp³-hybridized carbons (Fsp3) is 0.556. The predicted octanol–water partition coefficient (Wildman–Crippen LogP) is 2.74. The van der Waals surface area contributed by atoms with E-state index in [0.29, 0.717) is 18.5 Å². The third-order valence-electron chi connectivity index (χ3n) is 5.57. The van der Waals surface area contributed by atoms with Crippen LogP contribution in [0.4, 0.5) is 0 Å². The molecule has 25 heavy (non-hydrogen) atoms. The number of benzene rings is 1. The van der Waals surface area contributed by atoms with E-state index in [9.17, 15) is 9.59 Å². The number of carbonyl (C=O) groups excluding carboxylic acids is 2. The Morgan fingerprint density at radius 1 is 1.20 bits per heavy atom. The summed E-state index contributed by atoms with van der Waals surface area (Å²) in [6, 6.07) is 5.63. The Morgan fingerprint density at radius 2 is 1.96 bits per heavy atom. The summed E-state index contributed by atoms with van der Waals surface area (Å²) in [5.74, 6) is -0.113. The molecule has 1 atom stereocenters. The molecule has 7 heteroatoms. The average Bonchev–Trinajstić information content (AvgIpc) is 3.34. The molecule has 4 rings (SSSR count). The molecule has 2 amide bonds. The molecule has 1 unspecified atom stereocenters. The van der Waals surface area contributed by atoms with Crippen molar-refractivity contribution in [3.8, 4) is 0 Å². The van der Waals surface area contributed by atoms with Gasteiger partial charge in [-0.3, -0.25) is 9.59 Å². The van der Waals surface area contributed by atoms with Gasteiger partial charge >= 0.3 is 0 Å². The molecule has 2 aromatic rings. The maximum atomic E-state index is 13.1. The highest BCUT2D eigenvalue weighted by Crippen LogP contribution is 2.32. The lowest BCUT2D eigenvalue weighted by Gasteiger charge is -2.35. The SMILES string of the molecule is CC1(C(=O)NC2CCCC2)CCCN1C(=O)c1ccc2nsnc2c1. The zero-order valence-corrected chi connectivity index (χ0v) is 15.1. The van der Waals surface area contributed by atoms with Crippen molar-refractivity contribution in [1.29, 1.82) is 0 Å². The second-order valence-electron chi connectivity index (χ2n) is 7.26. The van der Waals surface area contributed by atoms with Crippen LogP contribution < -0.4 is 5.32 Å². The number of carbonyl (C=O) groups is 2. The molecule has 0 bridgehead atoms. The van der Waals surface area contributed by atoms with Gasteiger partial charge < -0.3 is 10.2 Å². The molecular formula is C18H22N4O2S. The van der Waals surface area contributed by atoms with Crippen LogP contribution in [-0.2, 0) is 4.79 Å². The maximum absolute atomic E-state index is 13.1. The van der Waals surface area contributed by atoms with E-state index in [1.165, 1.54) is 12.8 Å². The van der Waals surface area contributed by atoms with Gasteiger partial charge in [-0.2, -0.15) is 8.75 Å². The Balaban J connectivity index is 1.56. The Morgan fingerprint density at radius 3 is 2.76 bits per heavy atom. The average molecular weight is 358 g/mol. The summed E-state index contributed by atoms with van der Waals surface area (Å²) in [4.78, 5) is 27.7. The van der Waals surface area contributed by atoms with Gasteiger partial charge in [-0.15, -0.1) is 0 Å². The van der Waals surface area contributed by atoms with Gasteiger partial charge in [0.05, 0.1) is 11.7 Å². The fourth-order valence-electron chi connectivity index (χ4n) is 4.01. The molecule has 6 nitrogen and oxygen atoms in total. The molecule has 1 N–H and O–H groups in total. The van der Waals surface area contributed by atoms with Crippen LogP contribution in [0.1, 0.15) is 55.8 Å². The van der Waals surface area contributed by atoms with Crippen molar-refractivity contribution >= 4 is 34.6 Å². The molecule has 1 aliphatic carbocycles. The van der Waals surface area contributed by atoms with E-state index in [0.717, 1.165) is 42.0 Å². The van der Waals surface area contributed by atoms with E-state index in [2.05, 4.69) is 14.1 Å². The lowest BCUT2D eigenvalue weighted by molar-refractivity contribution is -0.130. The highest BCUT2D eigenvalue weighted by molar-refractivity contribution is 7.00. The van der Waals surface area contributed by atoms with Gasteiger partial charge in [-0.05, 0) is 50.8 Å². The standard InChI is InChI=1S/C18H22N4O2S/c1-18(17(24)19-13-5-2-3-6-13)9-4-10-22(18)16(23)12-7-8-14-15(11-12)21-25-20-14/h7-8,11,13H,2-6,9-10H2,1H3,(H,19,24). The van der Waals surface area contributed by atoms with Gasteiger partial charge in [0.1, 0.15) is 16.6 Å². The van der Waals surface area contributed by atoms with Gasteiger partial charge in [0.2, 0.25) is 5.91 Å². The summed E-state index contributed by atoms with van der Waals surface area (Å²) in [6.45, 7) is 2.51. The number of nitrogens with one attached hydrogen (secondary N) is 1. The molecule has 2 heterocycles. The van der Waals surface area contributed by atoms with Crippen LogP contribution in [0.3, 0.4) is 0 Å². The highest BCUT2D eigenvalue weighted by atomic mass is 32.1. The molecule has 0 radical (unpaired) electrons. The first kappa shape index (κ1) is 16.4. The van der Waals surface area contributed by atoms with Gasteiger partial charge in [0, 0.05) is 18.2 Å². The minimum atomic E-state index is -0.769. The largest absolute Gasteiger partial charge is 0.351 e. The van der Waals surface area contributed by atoms with Crippen LogP contribution in [0.25, 0.3) is 11.0 Å². The van der Waals surface area contributed by atoms with Gasteiger partial charge in [0.25, 0.3) is 5.91 Å². The van der Waals surface area contributed by atoms with Gasteiger partial charge in [-0.1, -0.05) is 12.8 Å². The quantitative estimate of drug-likeness (QED) is 0.915. The third kappa shape index (κ3) is 2.90. The third-order valence-corrected chi connectivity index (χ3v) is 6.12. The summed E-state index contributed by atoms with van der Waals surface area (Å²) in [5, 5.41) is 3.17. The van der Waals surface area contributed by atoms with Crippen molar-refractivity contribution in [2.24, 2.45) is 0 Å². The van der Waals surface area contributed by atoms with Crippen molar-refractivity contribution in [2.75, 3.05) is 6.54 Å². The van der Waals surface area contributed by atoms with Crippen LogP contribution in [0, 0.1) is 0 Å². The van der Waals surface area contributed by atoms with Gasteiger partial charge in [0.15, 0.2) is 0 Å². The number of fused-ring (bicyclic) bond motifs is 1. The smallest absolute Gasteiger partial charge is 0.254 e. The lowest BCUT2D eigenvalue weighted by atomic mass is 9.96. The van der Waals surface area contributed by atoms with E-state index in [-0.39, 0.29) is 17.9 Å². The molecule has 1 saturated heterocycles. The zero-order valence-electron chi connectivity index (χ0n) is 14.3. The maximum Gasteiger partial charge on any atom is 0.254 e. The second kappa shape index (κ2) is 6.37. The van der Waals surface area contributed by atoms with E-state index >= 15 is 0 Å². The summed E-state index contributed by atoms with van der Waals surface area (Å²) in [7, 11) is 0. The molecular weight excluding hydrogens is 336 g/mol. The van der Waals surface area contributed by atoms with Gasteiger partial charge in [-0.25, -0.2) is 0 Å². The second-order valence-corrected chi connectivity index (χ2v) is 7.79. The number of rotatable bonds is 3. The zero-order chi connectivity index (χ0) is 17.4. The number of likely N-dealkylation sites (tertiary alicyclic amines) is 1. The normalized spacial score (nSPS) is 24.1. The first-order chi connectivity index (χ1) is 12.1. The van der Waals surface area contributed by atoms with Crippen LogP contribution in [0.2, 0.25) is 0 Å². The van der Waals surface area contributed by atoms with Crippen LogP contribution in [0.5, 0.6) is 0 Å². The Hall–Kier alpha value is -2.02. The number of amides is 2. The van der Waals surface area contributed by atoms with E-state index in [1.807, 2.05) is 13.0 Å². The summed E-state index contributed by atoms with van der Waals surface area (Å²) in [5.41, 5.74) is 1.33. The van der Waals surface area contributed by atoms with Crippen molar-refractivity contribution in [1.82, 2.24) is 19.0 Å². The van der Waals surface area contributed by atoms with Crippen molar-refractivity contribution in [3.63, 3.8) is 0 Å². The Labute approximate surface area is 150 Å². The summed E-state index contributed by atoms with van der Waals surface area (Å²) in [6.07, 6.45) is 5.99. The molecule has 1 saturated carbocycles.